The number of halogens is 1. The van der Waals surface area contributed by atoms with Gasteiger partial charge in [-0.2, -0.15) is 0 Å². The number of carboxylic acids is 1. The average molecular weight is 299 g/mol. The lowest BCUT2D eigenvalue weighted by Crippen LogP contribution is -2.37. The number of nitrogens with one attached hydrogen (secondary N) is 1. The molecule has 0 aliphatic rings. The van der Waals surface area contributed by atoms with Gasteiger partial charge in [-0.1, -0.05) is 25.4 Å². The monoisotopic (exact) mass is 298 g/mol. The van der Waals surface area contributed by atoms with Crippen molar-refractivity contribution in [2.75, 3.05) is 11.9 Å². The molecule has 1 aromatic carbocycles. The number of hydrogen-bond donors (Lipinski definition) is 3. The third-order valence-corrected chi connectivity index (χ3v) is 3.91. The average Bonchev–Trinajstić information content (AvgIpc) is 2.41. The van der Waals surface area contributed by atoms with E-state index in [1.54, 1.807) is 12.1 Å². The molecule has 0 saturated heterocycles. The van der Waals surface area contributed by atoms with E-state index >= 15 is 0 Å². The fourth-order valence-corrected chi connectivity index (χ4v) is 2.19. The van der Waals surface area contributed by atoms with Crippen LogP contribution in [0.25, 0.3) is 0 Å². The summed E-state index contributed by atoms with van der Waals surface area (Å²) < 4.78 is 0. The number of carboxylic acid groups (broad SMARTS) is 1. The van der Waals surface area contributed by atoms with Gasteiger partial charge in [0.1, 0.15) is 0 Å². The predicted molar refractivity (Wildman–Crippen MR) is 79.1 cm³/mol. The molecule has 5 nitrogen and oxygen atoms in total. The first-order chi connectivity index (χ1) is 9.36. The third-order valence-electron chi connectivity index (χ3n) is 3.67. The number of rotatable bonds is 7. The zero-order valence-electron chi connectivity index (χ0n) is 11.6. The van der Waals surface area contributed by atoms with Gasteiger partial charge in [0, 0.05) is 17.3 Å². The molecule has 4 N–H and O–H groups in total. The van der Waals surface area contributed by atoms with Gasteiger partial charge in [0.25, 0.3) is 5.91 Å². The lowest BCUT2D eigenvalue weighted by Gasteiger charge is -2.27. The standard InChI is InChI=1S/C14H19ClN2O3/c1-3-14(4-2,13(19)20)8-17-11-6-5-9(15)7-10(11)12(16)18/h5-7,17H,3-4,8H2,1-2H3,(H2,16,18)(H,19,20). The Morgan fingerprint density at radius 1 is 1.35 bits per heavy atom. The highest BCUT2D eigenvalue weighted by atomic mass is 35.5. The molecule has 1 amide bonds. The summed E-state index contributed by atoms with van der Waals surface area (Å²) in [6.45, 7) is 3.88. The van der Waals surface area contributed by atoms with Crippen LogP contribution in [0.3, 0.4) is 0 Å². The minimum absolute atomic E-state index is 0.219. The third kappa shape index (κ3) is 3.42. The topological polar surface area (TPSA) is 92.4 Å². The fraction of sp³-hybridized carbons (Fsp3) is 0.429. The van der Waals surface area contributed by atoms with E-state index in [9.17, 15) is 14.7 Å². The van der Waals surface area contributed by atoms with E-state index in [1.807, 2.05) is 13.8 Å². The van der Waals surface area contributed by atoms with Gasteiger partial charge in [0.15, 0.2) is 0 Å². The quantitative estimate of drug-likeness (QED) is 0.721. The molecule has 1 rings (SSSR count). The zero-order valence-corrected chi connectivity index (χ0v) is 12.3. The van der Waals surface area contributed by atoms with Gasteiger partial charge in [0.2, 0.25) is 0 Å². The molecule has 6 heteroatoms. The van der Waals surface area contributed by atoms with E-state index in [-0.39, 0.29) is 12.1 Å². The molecule has 0 aliphatic heterocycles. The summed E-state index contributed by atoms with van der Waals surface area (Å²) in [6.07, 6.45) is 0.983. The van der Waals surface area contributed by atoms with E-state index in [0.717, 1.165) is 0 Å². The summed E-state index contributed by atoms with van der Waals surface area (Å²) in [6, 6.07) is 4.71. The van der Waals surface area contributed by atoms with Crippen molar-refractivity contribution >= 4 is 29.2 Å². The Morgan fingerprint density at radius 2 is 1.95 bits per heavy atom. The number of aliphatic carboxylic acids is 1. The van der Waals surface area contributed by atoms with Crippen LogP contribution in [0, 0.1) is 5.41 Å². The summed E-state index contributed by atoms with van der Waals surface area (Å²) in [7, 11) is 0. The van der Waals surface area contributed by atoms with Gasteiger partial charge in [-0.25, -0.2) is 0 Å². The lowest BCUT2D eigenvalue weighted by molar-refractivity contribution is -0.148. The molecule has 0 aliphatic carbocycles. The summed E-state index contributed by atoms with van der Waals surface area (Å²) in [4.78, 5) is 22.8. The van der Waals surface area contributed by atoms with Crippen LogP contribution in [0.5, 0.6) is 0 Å². The normalized spacial score (nSPS) is 11.2. The maximum absolute atomic E-state index is 11.4. The van der Waals surface area contributed by atoms with Crippen LogP contribution >= 0.6 is 11.6 Å². The maximum atomic E-state index is 11.4. The van der Waals surface area contributed by atoms with Gasteiger partial charge >= 0.3 is 5.97 Å². The van der Waals surface area contributed by atoms with Crippen LogP contribution in [0.15, 0.2) is 18.2 Å². The van der Waals surface area contributed by atoms with Crippen molar-refractivity contribution in [1.82, 2.24) is 0 Å². The Bertz CT molecular complexity index is 513. The summed E-state index contributed by atoms with van der Waals surface area (Å²) in [5.74, 6) is -1.46. The molecular formula is C14H19ClN2O3. The van der Waals surface area contributed by atoms with Crippen molar-refractivity contribution < 1.29 is 14.7 Å². The number of anilines is 1. The molecule has 110 valence electrons. The molecule has 1 aromatic rings. The number of carbonyl (C=O) groups is 2. The molecule has 0 spiro atoms. The van der Waals surface area contributed by atoms with Crippen LogP contribution < -0.4 is 11.1 Å². The summed E-state index contributed by atoms with van der Waals surface area (Å²) in [5.41, 5.74) is 5.18. The molecule has 0 bridgehead atoms. The van der Waals surface area contributed by atoms with Crippen molar-refractivity contribution in [3.63, 3.8) is 0 Å². The second kappa shape index (κ2) is 6.61. The highest BCUT2D eigenvalue weighted by molar-refractivity contribution is 6.31. The molecule has 0 heterocycles. The van der Waals surface area contributed by atoms with Crippen LogP contribution in [-0.4, -0.2) is 23.5 Å². The van der Waals surface area contributed by atoms with Crippen LogP contribution in [0.1, 0.15) is 37.0 Å². The van der Waals surface area contributed by atoms with E-state index in [4.69, 9.17) is 17.3 Å². The second-order valence-corrected chi connectivity index (χ2v) is 5.14. The lowest BCUT2D eigenvalue weighted by atomic mass is 9.82. The maximum Gasteiger partial charge on any atom is 0.311 e. The van der Waals surface area contributed by atoms with E-state index in [0.29, 0.717) is 23.6 Å². The number of carbonyl (C=O) groups excluding carboxylic acids is 1. The van der Waals surface area contributed by atoms with Gasteiger partial charge in [0.05, 0.1) is 11.0 Å². The molecule has 0 saturated carbocycles. The Labute approximate surface area is 123 Å². The minimum Gasteiger partial charge on any atom is -0.481 e. The molecular weight excluding hydrogens is 280 g/mol. The summed E-state index contributed by atoms with van der Waals surface area (Å²) in [5, 5.41) is 12.8. The van der Waals surface area contributed by atoms with Gasteiger partial charge < -0.3 is 16.2 Å². The first-order valence-corrected chi connectivity index (χ1v) is 6.80. The zero-order chi connectivity index (χ0) is 15.3. The first kappa shape index (κ1) is 16.3. The highest BCUT2D eigenvalue weighted by Gasteiger charge is 2.34. The Kier molecular flexibility index (Phi) is 5.39. The Morgan fingerprint density at radius 3 is 2.40 bits per heavy atom. The van der Waals surface area contributed by atoms with Crippen molar-refractivity contribution in [2.24, 2.45) is 11.1 Å². The van der Waals surface area contributed by atoms with Crippen molar-refractivity contribution in [3.8, 4) is 0 Å². The molecule has 0 atom stereocenters. The smallest absolute Gasteiger partial charge is 0.311 e. The van der Waals surface area contributed by atoms with Crippen LogP contribution in [0.4, 0.5) is 5.69 Å². The second-order valence-electron chi connectivity index (χ2n) is 4.70. The number of primary amides is 1. The first-order valence-electron chi connectivity index (χ1n) is 6.43. The molecule has 0 radical (unpaired) electrons. The molecule has 0 unspecified atom stereocenters. The number of amides is 1. The fourth-order valence-electron chi connectivity index (χ4n) is 2.02. The highest BCUT2D eigenvalue weighted by Crippen LogP contribution is 2.28. The molecule has 0 aromatic heterocycles. The van der Waals surface area contributed by atoms with Gasteiger partial charge in [-0.3, -0.25) is 9.59 Å². The number of hydrogen-bond acceptors (Lipinski definition) is 3. The Hall–Kier alpha value is -1.75. The van der Waals surface area contributed by atoms with Gasteiger partial charge in [-0.05, 0) is 31.0 Å². The largest absolute Gasteiger partial charge is 0.481 e. The Balaban J connectivity index is 2.99. The molecule has 0 fully saturated rings. The van der Waals surface area contributed by atoms with Gasteiger partial charge in [-0.15, -0.1) is 0 Å². The van der Waals surface area contributed by atoms with Crippen molar-refractivity contribution in [1.29, 1.82) is 0 Å². The minimum atomic E-state index is -0.867. The van der Waals surface area contributed by atoms with Crippen LogP contribution in [-0.2, 0) is 4.79 Å². The van der Waals surface area contributed by atoms with E-state index in [1.165, 1.54) is 6.07 Å². The SMILES string of the molecule is CCC(CC)(CNc1ccc(Cl)cc1C(N)=O)C(=O)O. The van der Waals surface area contributed by atoms with E-state index < -0.39 is 17.3 Å². The van der Waals surface area contributed by atoms with Crippen LogP contribution in [0.2, 0.25) is 5.02 Å². The number of benzene rings is 1. The number of nitrogens with two attached hydrogens (primary N) is 1. The summed E-state index contributed by atoms with van der Waals surface area (Å²) >= 11 is 5.83. The predicted octanol–water partition coefficient (Wildman–Crippen LogP) is 2.74. The van der Waals surface area contributed by atoms with Crippen molar-refractivity contribution in [3.05, 3.63) is 28.8 Å². The van der Waals surface area contributed by atoms with Crippen molar-refractivity contribution in [2.45, 2.75) is 26.7 Å². The van der Waals surface area contributed by atoms with E-state index in [2.05, 4.69) is 5.32 Å². The molecule has 20 heavy (non-hydrogen) atoms.